The highest BCUT2D eigenvalue weighted by atomic mass is 35.5. The van der Waals surface area contributed by atoms with Crippen molar-refractivity contribution in [3.63, 3.8) is 0 Å². The predicted octanol–water partition coefficient (Wildman–Crippen LogP) is 5.77. The molecule has 0 aromatic heterocycles. The maximum atomic E-state index is 11.2. The first-order chi connectivity index (χ1) is 12.0. The molecule has 0 aliphatic rings. The SMILES string of the molecule is CCCNC(CC)CC(O)(CC)c1ccc(-c2ccc(Cl)cc2)cc1. The highest BCUT2D eigenvalue weighted by Crippen LogP contribution is 2.32. The van der Waals surface area contributed by atoms with Crippen LogP contribution in [0.15, 0.2) is 48.5 Å². The molecule has 2 aromatic rings. The summed E-state index contributed by atoms with van der Waals surface area (Å²) in [6, 6.07) is 16.5. The lowest BCUT2D eigenvalue weighted by atomic mass is 9.83. The van der Waals surface area contributed by atoms with E-state index in [0.717, 1.165) is 47.5 Å². The average Bonchev–Trinajstić information content (AvgIpc) is 2.65. The van der Waals surface area contributed by atoms with Gasteiger partial charge in [0.1, 0.15) is 0 Å². The summed E-state index contributed by atoms with van der Waals surface area (Å²) in [5, 5.41) is 15.5. The minimum absolute atomic E-state index is 0.334. The second-order valence-electron chi connectivity index (χ2n) is 6.73. The zero-order valence-electron chi connectivity index (χ0n) is 15.6. The van der Waals surface area contributed by atoms with E-state index in [2.05, 4.69) is 50.4 Å². The Morgan fingerprint density at radius 1 is 0.960 bits per heavy atom. The van der Waals surface area contributed by atoms with Crippen molar-refractivity contribution in [3.05, 3.63) is 59.1 Å². The second-order valence-corrected chi connectivity index (χ2v) is 7.17. The summed E-state index contributed by atoms with van der Waals surface area (Å²) < 4.78 is 0. The van der Waals surface area contributed by atoms with Gasteiger partial charge in [-0.05, 0) is 61.1 Å². The van der Waals surface area contributed by atoms with Crippen LogP contribution in [0.1, 0.15) is 52.0 Å². The Balaban J connectivity index is 2.17. The van der Waals surface area contributed by atoms with Gasteiger partial charge < -0.3 is 10.4 Å². The summed E-state index contributed by atoms with van der Waals surface area (Å²) in [5.74, 6) is 0. The lowest BCUT2D eigenvalue weighted by Gasteiger charge is -2.32. The van der Waals surface area contributed by atoms with Gasteiger partial charge in [-0.2, -0.15) is 0 Å². The summed E-state index contributed by atoms with van der Waals surface area (Å²) in [6.45, 7) is 7.39. The zero-order chi connectivity index (χ0) is 18.3. The van der Waals surface area contributed by atoms with Crippen LogP contribution in [-0.2, 0) is 5.60 Å². The lowest BCUT2D eigenvalue weighted by molar-refractivity contribution is 0.0126. The normalized spacial score (nSPS) is 14.9. The van der Waals surface area contributed by atoms with Gasteiger partial charge in [0, 0.05) is 11.1 Å². The van der Waals surface area contributed by atoms with Crippen LogP contribution in [0.25, 0.3) is 11.1 Å². The molecule has 0 radical (unpaired) electrons. The van der Waals surface area contributed by atoms with Crippen LogP contribution in [-0.4, -0.2) is 17.7 Å². The maximum Gasteiger partial charge on any atom is 0.0908 e. The molecule has 25 heavy (non-hydrogen) atoms. The van der Waals surface area contributed by atoms with Crippen LogP contribution in [0.5, 0.6) is 0 Å². The molecule has 0 heterocycles. The van der Waals surface area contributed by atoms with Gasteiger partial charge in [-0.25, -0.2) is 0 Å². The molecular weight excluding hydrogens is 330 g/mol. The standard InChI is InChI=1S/C22H30ClNO/c1-4-15-24-21(5-2)16-22(25,6-3)19-11-7-17(8-12-19)18-9-13-20(23)14-10-18/h7-14,21,24-25H,4-6,15-16H2,1-3H3. The van der Waals surface area contributed by atoms with E-state index in [1.54, 1.807) is 0 Å². The van der Waals surface area contributed by atoms with Crippen LogP contribution in [0.4, 0.5) is 0 Å². The van der Waals surface area contributed by atoms with Crippen molar-refractivity contribution in [2.24, 2.45) is 0 Å². The summed E-state index contributed by atoms with van der Waals surface area (Å²) in [6.07, 6.45) is 3.57. The van der Waals surface area contributed by atoms with Gasteiger partial charge in [-0.15, -0.1) is 0 Å². The first-order valence-corrected chi connectivity index (χ1v) is 9.72. The fraction of sp³-hybridized carbons (Fsp3) is 0.455. The minimum Gasteiger partial charge on any atom is -0.385 e. The quantitative estimate of drug-likeness (QED) is 0.595. The van der Waals surface area contributed by atoms with Crippen LogP contribution in [0.3, 0.4) is 0 Å². The third kappa shape index (κ3) is 5.31. The number of aliphatic hydroxyl groups is 1. The van der Waals surface area contributed by atoms with Crippen molar-refractivity contribution in [1.82, 2.24) is 5.32 Å². The van der Waals surface area contributed by atoms with Crippen molar-refractivity contribution >= 4 is 11.6 Å². The number of halogens is 1. The van der Waals surface area contributed by atoms with Crippen molar-refractivity contribution in [2.45, 2.75) is 58.1 Å². The molecule has 2 N–H and O–H groups in total. The number of benzene rings is 2. The van der Waals surface area contributed by atoms with E-state index in [4.69, 9.17) is 11.6 Å². The molecule has 136 valence electrons. The Morgan fingerprint density at radius 3 is 2.00 bits per heavy atom. The van der Waals surface area contributed by atoms with E-state index >= 15 is 0 Å². The van der Waals surface area contributed by atoms with Crippen molar-refractivity contribution in [2.75, 3.05) is 6.54 Å². The van der Waals surface area contributed by atoms with Crippen molar-refractivity contribution < 1.29 is 5.11 Å². The first-order valence-electron chi connectivity index (χ1n) is 9.34. The van der Waals surface area contributed by atoms with Crippen molar-refractivity contribution in [3.8, 4) is 11.1 Å². The molecule has 2 unspecified atom stereocenters. The van der Waals surface area contributed by atoms with Gasteiger partial charge >= 0.3 is 0 Å². The molecule has 0 spiro atoms. The molecule has 0 saturated heterocycles. The highest BCUT2D eigenvalue weighted by molar-refractivity contribution is 6.30. The van der Waals surface area contributed by atoms with Gasteiger partial charge in [0.25, 0.3) is 0 Å². The summed E-state index contributed by atoms with van der Waals surface area (Å²) in [5.41, 5.74) is 2.46. The largest absolute Gasteiger partial charge is 0.385 e. The lowest BCUT2D eigenvalue weighted by Crippen LogP contribution is -2.38. The average molecular weight is 360 g/mol. The maximum absolute atomic E-state index is 11.2. The fourth-order valence-corrected chi connectivity index (χ4v) is 3.32. The van der Waals surface area contributed by atoms with Gasteiger partial charge in [0.15, 0.2) is 0 Å². The summed E-state index contributed by atoms with van der Waals surface area (Å²) >= 11 is 5.96. The van der Waals surface area contributed by atoms with E-state index in [9.17, 15) is 5.11 Å². The molecule has 2 atom stereocenters. The number of rotatable bonds is 9. The molecule has 0 aliphatic carbocycles. The van der Waals surface area contributed by atoms with Gasteiger partial charge in [-0.1, -0.05) is 68.8 Å². The molecule has 2 aromatic carbocycles. The van der Waals surface area contributed by atoms with Crippen LogP contribution >= 0.6 is 11.6 Å². The molecule has 2 nitrogen and oxygen atoms in total. The monoisotopic (exact) mass is 359 g/mol. The molecule has 3 heteroatoms. The van der Waals surface area contributed by atoms with E-state index < -0.39 is 5.60 Å². The molecule has 0 bridgehead atoms. The molecule has 2 rings (SSSR count). The topological polar surface area (TPSA) is 32.3 Å². The van der Waals surface area contributed by atoms with Crippen LogP contribution in [0.2, 0.25) is 5.02 Å². The second kappa shape index (κ2) is 9.38. The summed E-state index contributed by atoms with van der Waals surface area (Å²) in [7, 11) is 0. The van der Waals surface area contributed by atoms with Crippen LogP contribution < -0.4 is 5.32 Å². The van der Waals surface area contributed by atoms with Gasteiger partial charge in [0.05, 0.1) is 5.60 Å². The minimum atomic E-state index is -0.792. The zero-order valence-corrected chi connectivity index (χ0v) is 16.3. The third-order valence-corrected chi connectivity index (χ3v) is 5.20. The number of hydrogen-bond acceptors (Lipinski definition) is 2. The molecule has 0 fully saturated rings. The third-order valence-electron chi connectivity index (χ3n) is 4.94. The number of hydrogen-bond donors (Lipinski definition) is 2. The molecule has 0 aliphatic heterocycles. The predicted molar refractivity (Wildman–Crippen MR) is 108 cm³/mol. The van der Waals surface area contributed by atoms with Gasteiger partial charge in [0.2, 0.25) is 0 Å². The molecule has 0 amide bonds. The summed E-state index contributed by atoms with van der Waals surface area (Å²) in [4.78, 5) is 0. The fourth-order valence-electron chi connectivity index (χ4n) is 3.20. The van der Waals surface area contributed by atoms with Crippen molar-refractivity contribution in [1.29, 1.82) is 0 Å². The molecular formula is C22H30ClNO. The Labute approximate surface area is 157 Å². The Morgan fingerprint density at radius 2 is 1.52 bits per heavy atom. The Hall–Kier alpha value is -1.35. The smallest absolute Gasteiger partial charge is 0.0908 e. The molecule has 0 saturated carbocycles. The van der Waals surface area contributed by atoms with E-state index in [1.807, 2.05) is 24.3 Å². The van der Waals surface area contributed by atoms with Crippen LogP contribution in [0, 0.1) is 0 Å². The number of nitrogens with one attached hydrogen (secondary N) is 1. The Bertz CT molecular complexity index is 638. The van der Waals surface area contributed by atoms with E-state index in [1.165, 1.54) is 0 Å². The first kappa shape index (κ1) is 20.0. The van der Waals surface area contributed by atoms with Gasteiger partial charge in [-0.3, -0.25) is 0 Å². The highest BCUT2D eigenvalue weighted by Gasteiger charge is 2.30. The van der Waals surface area contributed by atoms with E-state index in [0.29, 0.717) is 12.5 Å². The Kier molecular flexibility index (Phi) is 7.49. The van der Waals surface area contributed by atoms with E-state index in [-0.39, 0.29) is 0 Å².